The number of para-hydroxylation sites is 1. The summed E-state index contributed by atoms with van der Waals surface area (Å²) in [6.07, 6.45) is 4.18. The molecule has 2 saturated heterocycles. The third-order valence-corrected chi connectivity index (χ3v) is 6.63. The van der Waals surface area contributed by atoms with Crippen LogP contribution in [0.3, 0.4) is 0 Å². The maximum absolute atomic E-state index is 13.3. The fourth-order valence-corrected chi connectivity index (χ4v) is 5.11. The number of nitrogens with zero attached hydrogens (tertiary/aromatic N) is 1. The fourth-order valence-electron chi connectivity index (χ4n) is 5.11. The molecule has 0 radical (unpaired) electrons. The van der Waals surface area contributed by atoms with Gasteiger partial charge in [-0.3, -0.25) is 9.59 Å². The Kier molecular flexibility index (Phi) is 5.13. The first-order chi connectivity index (χ1) is 15.6. The summed E-state index contributed by atoms with van der Waals surface area (Å²) in [7, 11) is 3.19. The van der Waals surface area contributed by atoms with E-state index in [1.54, 1.807) is 19.1 Å². The first-order valence-electron chi connectivity index (χ1n) is 10.8. The van der Waals surface area contributed by atoms with Gasteiger partial charge < -0.3 is 24.4 Å². The molecule has 4 atom stereocenters. The molecule has 0 saturated carbocycles. The van der Waals surface area contributed by atoms with Crippen molar-refractivity contribution in [3.63, 3.8) is 0 Å². The molecule has 1 spiro atoms. The van der Waals surface area contributed by atoms with Crippen molar-refractivity contribution in [1.82, 2.24) is 5.32 Å². The molecule has 3 aliphatic rings. The average molecular weight is 434 g/mol. The molecule has 5 rings (SSSR count). The molecule has 1 N–H and O–H groups in total. The number of amides is 2. The minimum absolute atomic E-state index is 0.0527. The van der Waals surface area contributed by atoms with Gasteiger partial charge in [0.25, 0.3) is 0 Å². The molecule has 166 valence electrons. The standard InChI is InChI=1S/C25H26N2O5/c1-30-18-9-8-16(14-20(18)31-2)11-13-26-23(28)21-19-10-12-25(32-19)15-27(24(29)22(21)25)17-6-4-3-5-7-17/h3-10,12,14,19,21-22H,11,13,15H2,1-2H3,(H,26,28)/t19-,21-,22-,25+/m1/s1. The summed E-state index contributed by atoms with van der Waals surface area (Å²) in [6, 6.07) is 15.2. The van der Waals surface area contributed by atoms with Gasteiger partial charge in [0.2, 0.25) is 11.8 Å². The van der Waals surface area contributed by atoms with Crippen molar-refractivity contribution in [2.24, 2.45) is 11.8 Å². The minimum atomic E-state index is -0.719. The molecular formula is C25H26N2O5. The predicted octanol–water partition coefficient (Wildman–Crippen LogP) is 2.35. The molecule has 2 aromatic carbocycles. The molecule has 0 unspecified atom stereocenters. The van der Waals surface area contributed by atoms with Gasteiger partial charge in [0.1, 0.15) is 5.60 Å². The van der Waals surface area contributed by atoms with Crippen LogP contribution < -0.4 is 19.7 Å². The van der Waals surface area contributed by atoms with Crippen LogP contribution in [0, 0.1) is 11.8 Å². The van der Waals surface area contributed by atoms with E-state index in [1.165, 1.54) is 0 Å². The van der Waals surface area contributed by atoms with E-state index in [1.807, 2.05) is 60.7 Å². The van der Waals surface area contributed by atoms with E-state index in [9.17, 15) is 9.59 Å². The SMILES string of the molecule is COc1ccc(CCNC(=O)[C@@H]2[C@H]3C=C[C@@]4(CN(c5ccccc5)C(=O)[C@@H]24)O3)cc1OC. The predicted molar refractivity (Wildman–Crippen MR) is 119 cm³/mol. The second kappa shape index (κ2) is 7.98. The van der Waals surface area contributed by atoms with Crippen LogP contribution in [0.15, 0.2) is 60.7 Å². The number of hydrogen-bond acceptors (Lipinski definition) is 5. The topological polar surface area (TPSA) is 77.1 Å². The Morgan fingerprint density at radius 2 is 1.94 bits per heavy atom. The van der Waals surface area contributed by atoms with E-state index in [4.69, 9.17) is 14.2 Å². The van der Waals surface area contributed by atoms with Crippen LogP contribution in [-0.2, 0) is 20.7 Å². The Bertz CT molecular complexity index is 1070. The lowest BCUT2D eigenvalue weighted by Gasteiger charge is -2.23. The third kappa shape index (κ3) is 3.24. The van der Waals surface area contributed by atoms with E-state index in [0.29, 0.717) is 31.0 Å². The van der Waals surface area contributed by atoms with Crippen LogP contribution in [-0.4, -0.2) is 50.8 Å². The van der Waals surface area contributed by atoms with Crippen molar-refractivity contribution < 1.29 is 23.8 Å². The number of fused-ring (bicyclic) bond motifs is 1. The highest BCUT2D eigenvalue weighted by Crippen LogP contribution is 2.52. The highest BCUT2D eigenvalue weighted by atomic mass is 16.5. The van der Waals surface area contributed by atoms with E-state index in [0.717, 1.165) is 11.3 Å². The van der Waals surface area contributed by atoms with Gasteiger partial charge in [0.05, 0.1) is 38.7 Å². The Morgan fingerprint density at radius 1 is 1.16 bits per heavy atom. The summed E-state index contributed by atoms with van der Waals surface area (Å²) in [5.74, 6) is 0.102. The number of carbonyl (C=O) groups is 2. The maximum atomic E-state index is 13.3. The quantitative estimate of drug-likeness (QED) is 0.677. The first kappa shape index (κ1) is 20.6. The number of hydrogen-bond donors (Lipinski definition) is 1. The summed E-state index contributed by atoms with van der Waals surface area (Å²) in [6.45, 7) is 0.889. The number of ether oxygens (including phenoxy) is 3. The summed E-state index contributed by atoms with van der Waals surface area (Å²) in [5.41, 5.74) is 1.13. The second-order valence-electron chi connectivity index (χ2n) is 8.39. The number of anilines is 1. The van der Waals surface area contributed by atoms with Gasteiger partial charge in [-0.15, -0.1) is 0 Å². The molecule has 2 fully saturated rings. The monoisotopic (exact) mass is 434 g/mol. The van der Waals surface area contributed by atoms with Gasteiger partial charge >= 0.3 is 0 Å². The number of nitrogens with one attached hydrogen (secondary N) is 1. The zero-order valence-electron chi connectivity index (χ0n) is 18.1. The Balaban J connectivity index is 1.27. The van der Waals surface area contributed by atoms with Crippen LogP contribution >= 0.6 is 0 Å². The third-order valence-electron chi connectivity index (χ3n) is 6.63. The average Bonchev–Trinajstić information content (AvgIpc) is 3.47. The Labute approximate surface area is 186 Å². The van der Waals surface area contributed by atoms with Gasteiger partial charge in [0.15, 0.2) is 11.5 Å². The first-order valence-corrected chi connectivity index (χ1v) is 10.8. The van der Waals surface area contributed by atoms with Crippen LogP contribution in [0.4, 0.5) is 5.69 Å². The lowest BCUT2D eigenvalue weighted by Crippen LogP contribution is -2.44. The lowest BCUT2D eigenvalue weighted by molar-refractivity contribution is -0.131. The molecule has 7 heteroatoms. The molecule has 0 aromatic heterocycles. The summed E-state index contributed by atoms with van der Waals surface area (Å²) in [5, 5.41) is 3.01. The largest absolute Gasteiger partial charge is 0.493 e. The van der Waals surface area contributed by atoms with E-state index in [2.05, 4.69) is 5.32 Å². The molecule has 2 amide bonds. The molecule has 0 aliphatic carbocycles. The fraction of sp³-hybridized carbons (Fsp3) is 0.360. The molecule has 2 aromatic rings. The van der Waals surface area contributed by atoms with Gasteiger partial charge in [0, 0.05) is 12.2 Å². The van der Waals surface area contributed by atoms with Crippen LogP contribution in [0.1, 0.15) is 5.56 Å². The Hall–Kier alpha value is -3.32. The zero-order valence-corrected chi connectivity index (χ0v) is 18.1. The molecule has 3 aliphatic heterocycles. The summed E-state index contributed by atoms with van der Waals surface area (Å²) in [4.78, 5) is 28.2. The summed E-state index contributed by atoms with van der Waals surface area (Å²) >= 11 is 0. The second-order valence-corrected chi connectivity index (χ2v) is 8.39. The van der Waals surface area contributed by atoms with E-state index < -0.39 is 17.4 Å². The molecule has 7 nitrogen and oxygen atoms in total. The van der Waals surface area contributed by atoms with Gasteiger partial charge in [-0.05, 0) is 36.2 Å². The highest BCUT2D eigenvalue weighted by molar-refractivity contribution is 6.03. The smallest absolute Gasteiger partial charge is 0.234 e. The summed E-state index contributed by atoms with van der Waals surface area (Å²) < 4.78 is 16.8. The van der Waals surface area contributed by atoms with Gasteiger partial charge in [-0.25, -0.2) is 0 Å². The van der Waals surface area contributed by atoms with Gasteiger partial charge in [-0.1, -0.05) is 36.4 Å². The highest BCUT2D eigenvalue weighted by Gasteiger charge is 2.66. The number of carbonyl (C=O) groups excluding carboxylic acids is 2. The number of rotatable bonds is 7. The molecule has 3 heterocycles. The number of benzene rings is 2. The van der Waals surface area contributed by atoms with Crippen molar-refractivity contribution in [3.8, 4) is 11.5 Å². The van der Waals surface area contributed by atoms with Crippen LogP contribution in [0.25, 0.3) is 0 Å². The van der Waals surface area contributed by atoms with Crippen molar-refractivity contribution in [2.45, 2.75) is 18.1 Å². The van der Waals surface area contributed by atoms with Crippen molar-refractivity contribution in [3.05, 3.63) is 66.2 Å². The van der Waals surface area contributed by atoms with Gasteiger partial charge in [-0.2, -0.15) is 0 Å². The van der Waals surface area contributed by atoms with Crippen molar-refractivity contribution >= 4 is 17.5 Å². The van der Waals surface area contributed by atoms with E-state index in [-0.39, 0.29) is 17.9 Å². The lowest BCUT2D eigenvalue weighted by atomic mass is 9.77. The Morgan fingerprint density at radius 3 is 2.69 bits per heavy atom. The maximum Gasteiger partial charge on any atom is 0.234 e. The van der Waals surface area contributed by atoms with E-state index >= 15 is 0 Å². The minimum Gasteiger partial charge on any atom is -0.493 e. The van der Waals surface area contributed by atoms with Crippen molar-refractivity contribution in [2.75, 3.05) is 32.2 Å². The number of methoxy groups -OCH3 is 2. The molecule has 2 bridgehead atoms. The van der Waals surface area contributed by atoms with Crippen molar-refractivity contribution in [1.29, 1.82) is 0 Å². The van der Waals surface area contributed by atoms with Crippen LogP contribution in [0.2, 0.25) is 0 Å². The molecular weight excluding hydrogens is 408 g/mol. The van der Waals surface area contributed by atoms with Crippen LogP contribution in [0.5, 0.6) is 11.5 Å². The zero-order chi connectivity index (χ0) is 22.3. The molecule has 32 heavy (non-hydrogen) atoms. The normalized spacial score (nSPS) is 27.5.